The predicted octanol–water partition coefficient (Wildman–Crippen LogP) is 3.40. The summed E-state index contributed by atoms with van der Waals surface area (Å²) >= 11 is 0. The van der Waals surface area contributed by atoms with Crippen LogP contribution in [-0.2, 0) is 14.2 Å². The number of ether oxygens (including phenoxy) is 3. The van der Waals surface area contributed by atoms with Gasteiger partial charge < -0.3 is 25.7 Å². The zero-order valence-corrected chi connectivity index (χ0v) is 15.9. The molecule has 0 aliphatic rings. The zero-order valence-electron chi connectivity index (χ0n) is 15.9. The molecule has 0 aromatic carbocycles. The van der Waals surface area contributed by atoms with Gasteiger partial charge in [0.05, 0.1) is 5.41 Å². The summed E-state index contributed by atoms with van der Waals surface area (Å²) in [5.41, 5.74) is 11.4. The second-order valence-corrected chi connectivity index (χ2v) is 6.40. The van der Waals surface area contributed by atoms with Crippen LogP contribution < -0.4 is 11.5 Å². The van der Waals surface area contributed by atoms with Crippen molar-refractivity contribution in [3.63, 3.8) is 0 Å². The summed E-state index contributed by atoms with van der Waals surface area (Å²) in [6, 6.07) is 0. The monoisotopic (exact) mass is 332 g/mol. The fourth-order valence-corrected chi connectivity index (χ4v) is 3.69. The van der Waals surface area contributed by atoms with E-state index in [1.54, 1.807) is 21.3 Å². The fraction of sp³-hybridized carbons (Fsp3) is 1.00. The number of unbranched alkanes of at least 4 members (excludes halogenated alkanes) is 5. The third-order valence-corrected chi connectivity index (χ3v) is 4.95. The Bertz CT molecular complexity index is 265. The van der Waals surface area contributed by atoms with Crippen molar-refractivity contribution in [2.24, 2.45) is 16.9 Å². The van der Waals surface area contributed by atoms with Crippen LogP contribution in [0.25, 0.3) is 0 Å². The quantitative estimate of drug-likeness (QED) is 0.334. The van der Waals surface area contributed by atoms with Crippen LogP contribution in [0.15, 0.2) is 0 Å². The van der Waals surface area contributed by atoms with Crippen LogP contribution >= 0.6 is 0 Å². The molecule has 0 fully saturated rings. The smallest absolute Gasteiger partial charge is 0.288 e. The summed E-state index contributed by atoms with van der Waals surface area (Å²) in [5, 5.41) is 0. The maximum Gasteiger partial charge on any atom is 0.288 e. The number of hydrogen-bond donors (Lipinski definition) is 2. The minimum Gasteiger partial charge on any atom is -0.330 e. The van der Waals surface area contributed by atoms with Crippen LogP contribution in [0.3, 0.4) is 0 Å². The lowest BCUT2D eigenvalue weighted by Crippen LogP contribution is -2.54. The molecular weight excluding hydrogens is 292 g/mol. The minimum absolute atomic E-state index is 0.260. The Morgan fingerprint density at radius 1 is 0.652 bits per heavy atom. The summed E-state index contributed by atoms with van der Waals surface area (Å²) in [7, 11) is 4.92. The predicted molar refractivity (Wildman–Crippen MR) is 96.1 cm³/mol. The molecule has 0 spiro atoms. The molecule has 140 valence electrons. The maximum atomic E-state index is 5.92. The molecule has 0 aromatic heterocycles. The fourth-order valence-electron chi connectivity index (χ4n) is 3.69. The molecule has 0 saturated heterocycles. The van der Waals surface area contributed by atoms with Crippen molar-refractivity contribution < 1.29 is 14.2 Å². The van der Waals surface area contributed by atoms with Crippen molar-refractivity contribution in [1.82, 2.24) is 0 Å². The molecule has 0 aliphatic carbocycles. The second kappa shape index (κ2) is 13.1. The third kappa shape index (κ3) is 6.67. The van der Waals surface area contributed by atoms with Crippen molar-refractivity contribution >= 4 is 0 Å². The highest BCUT2D eigenvalue weighted by atomic mass is 16.9. The SMILES string of the molecule is CCCCCCCCC(CCN)(CCCN)C(OC)(OC)OC. The van der Waals surface area contributed by atoms with E-state index in [1.165, 1.54) is 32.1 Å². The Kier molecular flexibility index (Phi) is 13.0. The van der Waals surface area contributed by atoms with E-state index in [9.17, 15) is 0 Å². The van der Waals surface area contributed by atoms with Crippen molar-refractivity contribution in [2.45, 2.75) is 77.1 Å². The second-order valence-electron chi connectivity index (χ2n) is 6.40. The zero-order chi connectivity index (χ0) is 17.6. The number of methoxy groups -OCH3 is 3. The van der Waals surface area contributed by atoms with Crippen LogP contribution in [0, 0.1) is 5.41 Å². The molecule has 0 rings (SSSR count). The van der Waals surface area contributed by atoms with E-state index in [2.05, 4.69) is 6.92 Å². The molecule has 4 N–H and O–H groups in total. The van der Waals surface area contributed by atoms with Gasteiger partial charge >= 0.3 is 0 Å². The lowest BCUT2D eigenvalue weighted by molar-refractivity contribution is -0.410. The highest BCUT2D eigenvalue weighted by Crippen LogP contribution is 2.47. The molecule has 5 heteroatoms. The van der Waals surface area contributed by atoms with E-state index >= 15 is 0 Å². The maximum absolute atomic E-state index is 5.92. The molecule has 1 unspecified atom stereocenters. The van der Waals surface area contributed by atoms with Gasteiger partial charge in [0.1, 0.15) is 0 Å². The normalized spacial score (nSPS) is 14.9. The summed E-state index contributed by atoms with van der Waals surface area (Å²) in [6.45, 7) is 3.47. The first-order valence-corrected chi connectivity index (χ1v) is 9.17. The van der Waals surface area contributed by atoms with Gasteiger partial charge in [-0.3, -0.25) is 0 Å². The van der Waals surface area contributed by atoms with Crippen LogP contribution in [0.2, 0.25) is 0 Å². The molecule has 0 radical (unpaired) electrons. The van der Waals surface area contributed by atoms with Gasteiger partial charge in [-0.25, -0.2) is 0 Å². The molecule has 0 aromatic rings. The molecular formula is C18H40N2O3. The highest BCUT2D eigenvalue weighted by molar-refractivity contribution is 4.89. The van der Waals surface area contributed by atoms with E-state index in [0.717, 1.165) is 32.1 Å². The minimum atomic E-state index is -1.05. The Balaban J connectivity index is 5.00. The Labute approximate surface area is 143 Å². The van der Waals surface area contributed by atoms with E-state index in [0.29, 0.717) is 13.1 Å². The first-order chi connectivity index (χ1) is 11.1. The third-order valence-electron chi connectivity index (χ3n) is 4.95. The molecule has 0 aliphatic heterocycles. The molecule has 23 heavy (non-hydrogen) atoms. The van der Waals surface area contributed by atoms with E-state index in [1.807, 2.05) is 0 Å². The standard InChI is InChI=1S/C18H40N2O3/c1-5-6-7-8-9-10-12-17(14-16-20,13-11-15-19)18(21-2,22-3)23-4/h5-16,19-20H2,1-4H3. The molecule has 5 nitrogen and oxygen atoms in total. The van der Waals surface area contributed by atoms with Gasteiger partial charge in [-0.05, 0) is 38.8 Å². The average Bonchev–Trinajstić information content (AvgIpc) is 2.58. The van der Waals surface area contributed by atoms with Gasteiger partial charge in [-0.15, -0.1) is 0 Å². The molecule has 1 atom stereocenters. The van der Waals surface area contributed by atoms with Gasteiger partial charge in [-0.1, -0.05) is 45.4 Å². The van der Waals surface area contributed by atoms with Crippen LogP contribution in [-0.4, -0.2) is 40.4 Å². The first kappa shape index (κ1) is 22.8. The lowest BCUT2D eigenvalue weighted by Gasteiger charge is -2.47. The molecule has 0 amide bonds. The van der Waals surface area contributed by atoms with E-state index < -0.39 is 5.97 Å². The van der Waals surface area contributed by atoms with Crippen molar-refractivity contribution in [2.75, 3.05) is 34.4 Å². The van der Waals surface area contributed by atoms with Gasteiger partial charge in [0.15, 0.2) is 0 Å². The van der Waals surface area contributed by atoms with Gasteiger partial charge in [0.2, 0.25) is 0 Å². The van der Waals surface area contributed by atoms with Crippen LogP contribution in [0.4, 0.5) is 0 Å². The lowest BCUT2D eigenvalue weighted by atomic mass is 9.73. The Hall–Kier alpha value is -0.200. The van der Waals surface area contributed by atoms with E-state index in [4.69, 9.17) is 25.7 Å². The van der Waals surface area contributed by atoms with Gasteiger partial charge in [0.25, 0.3) is 5.97 Å². The molecule has 0 heterocycles. The van der Waals surface area contributed by atoms with E-state index in [-0.39, 0.29) is 5.41 Å². The number of nitrogens with two attached hydrogens (primary N) is 2. The van der Waals surface area contributed by atoms with Crippen molar-refractivity contribution in [3.05, 3.63) is 0 Å². The summed E-state index contributed by atoms with van der Waals surface area (Å²) < 4.78 is 17.1. The average molecular weight is 333 g/mol. The topological polar surface area (TPSA) is 79.7 Å². The van der Waals surface area contributed by atoms with Crippen molar-refractivity contribution in [3.8, 4) is 0 Å². The highest BCUT2D eigenvalue weighted by Gasteiger charge is 2.52. The Morgan fingerprint density at radius 2 is 1.17 bits per heavy atom. The van der Waals surface area contributed by atoms with Gasteiger partial charge in [-0.2, -0.15) is 0 Å². The largest absolute Gasteiger partial charge is 0.330 e. The van der Waals surface area contributed by atoms with Crippen LogP contribution in [0.5, 0.6) is 0 Å². The summed E-state index contributed by atoms with van der Waals surface area (Å²) in [6.07, 6.45) is 11.1. The van der Waals surface area contributed by atoms with Crippen molar-refractivity contribution in [1.29, 1.82) is 0 Å². The van der Waals surface area contributed by atoms with Gasteiger partial charge in [0, 0.05) is 21.3 Å². The molecule has 0 bridgehead atoms. The summed E-state index contributed by atoms with van der Waals surface area (Å²) in [4.78, 5) is 0. The first-order valence-electron chi connectivity index (χ1n) is 9.17. The van der Waals surface area contributed by atoms with Crippen LogP contribution in [0.1, 0.15) is 71.1 Å². The molecule has 0 saturated carbocycles. The number of rotatable bonds is 16. The Morgan fingerprint density at radius 3 is 1.65 bits per heavy atom. The summed E-state index contributed by atoms with van der Waals surface area (Å²) in [5.74, 6) is -1.05. The number of hydrogen-bond acceptors (Lipinski definition) is 5.